The van der Waals surface area contributed by atoms with E-state index in [1.807, 2.05) is 54.6 Å². The summed E-state index contributed by atoms with van der Waals surface area (Å²) in [6.45, 7) is -0.249. The molecule has 2 aromatic carbocycles. The molecule has 0 heterocycles. The molecule has 138 valence electrons. The van der Waals surface area contributed by atoms with Crippen molar-refractivity contribution in [2.24, 2.45) is 17.8 Å². The molecule has 2 aliphatic carbocycles. The average molecular weight is 379 g/mol. The summed E-state index contributed by atoms with van der Waals surface area (Å²) in [4.78, 5) is 26.6. The highest BCUT2D eigenvalue weighted by Gasteiger charge is 2.40. The number of rotatable bonds is 6. The number of nitrogens with one attached hydrogen (secondary N) is 1. The second kappa shape index (κ2) is 8.01. The van der Waals surface area contributed by atoms with Gasteiger partial charge < -0.3 is 10.1 Å². The molecule has 4 rings (SSSR count). The lowest BCUT2D eigenvalue weighted by Crippen LogP contribution is -2.26. The first kappa shape index (κ1) is 17.9. The second-order valence-corrected chi connectivity index (χ2v) is 8.07. The van der Waals surface area contributed by atoms with Crippen molar-refractivity contribution in [1.82, 2.24) is 0 Å². The van der Waals surface area contributed by atoms with Crippen LogP contribution in [0.4, 0.5) is 5.69 Å². The average Bonchev–Trinajstić information content (AvgIpc) is 3.32. The Morgan fingerprint density at radius 2 is 1.78 bits per heavy atom. The number of ether oxygens (including phenoxy) is 1. The van der Waals surface area contributed by atoms with Gasteiger partial charge >= 0.3 is 5.97 Å². The summed E-state index contributed by atoms with van der Waals surface area (Å²) in [6, 6.07) is 17.6. The fourth-order valence-corrected chi connectivity index (χ4v) is 4.68. The Morgan fingerprint density at radius 1 is 1.00 bits per heavy atom. The summed E-state index contributed by atoms with van der Waals surface area (Å²) in [7, 11) is 0. The van der Waals surface area contributed by atoms with Gasteiger partial charge in [0.2, 0.25) is 0 Å². The van der Waals surface area contributed by atoms with Gasteiger partial charge in [0.05, 0.1) is 11.6 Å². The third kappa shape index (κ3) is 4.25. The van der Waals surface area contributed by atoms with Crippen molar-refractivity contribution in [2.45, 2.75) is 22.6 Å². The van der Waals surface area contributed by atoms with Gasteiger partial charge in [-0.1, -0.05) is 54.2 Å². The number of benzene rings is 2. The Balaban J connectivity index is 1.33. The van der Waals surface area contributed by atoms with Crippen molar-refractivity contribution in [2.75, 3.05) is 11.9 Å². The van der Waals surface area contributed by atoms with Crippen LogP contribution < -0.4 is 5.32 Å². The molecule has 0 spiro atoms. The van der Waals surface area contributed by atoms with Crippen LogP contribution in [-0.4, -0.2) is 18.5 Å². The van der Waals surface area contributed by atoms with Crippen molar-refractivity contribution in [1.29, 1.82) is 0 Å². The maximum Gasteiger partial charge on any atom is 0.310 e. The highest BCUT2D eigenvalue weighted by Crippen LogP contribution is 2.43. The van der Waals surface area contributed by atoms with Gasteiger partial charge in [0.1, 0.15) is 0 Å². The summed E-state index contributed by atoms with van der Waals surface area (Å²) in [5.41, 5.74) is 0.718. The van der Waals surface area contributed by atoms with Crippen LogP contribution in [0.5, 0.6) is 0 Å². The SMILES string of the molecule is O=C(COC(=O)[C@H]1C[C@@H]2C=C[C@H]1C2)Nc1ccccc1Sc1ccccc1. The van der Waals surface area contributed by atoms with Crippen LogP contribution in [0, 0.1) is 17.8 Å². The van der Waals surface area contributed by atoms with Crippen molar-refractivity contribution in [3.8, 4) is 0 Å². The highest BCUT2D eigenvalue weighted by molar-refractivity contribution is 7.99. The first-order valence-corrected chi connectivity index (χ1v) is 9.97. The molecule has 1 saturated carbocycles. The maximum absolute atomic E-state index is 12.3. The second-order valence-electron chi connectivity index (χ2n) is 6.95. The van der Waals surface area contributed by atoms with E-state index < -0.39 is 0 Å². The van der Waals surface area contributed by atoms with E-state index in [2.05, 4.69) is 17.5 Å². The lowest BCUT2D eigenvalue weighted by molar-refractivity contribution is -0.152. The molecule has 0 unspecified atom stereocenters. The molecule has 4 nitrogen and oxygen atoms in total. The predicted octanol–water partition coefficient (Wildman–Crippen LogP) is 4.53. The molecule has 27 heavy (non-hydrogen) atoms. The van der Waals surface area contributed by atoms with Crippen LogP contribution in [-0.2, 0) is 14.3 Å². The third-order valence-corrected chi connectivity index (χ3v) is 6.14. The van der Waals surface area contributed by atoms with Crippen LogP contribution in [0.3, 0.4) is 0 Å². The summed E-state index contributed by atoms with van der Waals surface area (Å²) in [5.74, 6) is 0.127. The minimum absolute atomic E-state index is 0.0891. The number of esters is 1. The van der Waals surface area contributed by atoms with Gasteiger partial charge in [-0.2, -0.15) is 0 Å². The van der Waals surface area contributed by atoms with E-state index >= 15 is 0 Å². The first-order chi connectivity index (χ1) is 13.2. The van der Waals surface area contributed by atoms with Gasteiger partial charge in [0, 0.05) is 9.79 Å². The third-order valence-electron chi connectivity index (χ3n) is 5.06. The highest BCUT2D eigenvalue weighted by atomic mass is 32.2. The number of amides is 1. The number of carbonyl (C=O) groups excluding carboxylic acids is 2. The fourth-order valence-electron chi connectivity index (χ4n) is 3.76. The Labute approximate surface area is 163 Å². The largest absolute Gasteiger partial charge is 0.455 e. The van der Waals surface area contributed by atoms with Gasteiger partial charge in [-0.05, 0) is 48.9 Å². The van der Waals surface area contributed by atoms with Crippen LogP contribution in [0.1, 0.15) is 12.8 Å². The number of para-hydroxylation sites is 1. The van der Waals surface area contributed by atoms with Crippen LogP contribution >= 0.6 is 11.8 Å². The van der Waals surface area contributed by atoms with E-state index in [4.69, 9.17) is 4.74 Å². The molecule has 0 aliphatic heterocycles. The Kier molecular flexibility index (Phi) is 5.30. The van der Waals surface area contributed by atoms with Gasteiger partial charge in [-0.25, -0.2) is 0 Å². The van der Waals surface area contributed by atoms with E-state index in [1.165, 1.54) is 0 Å². The predicted molar refractivity (Wildman–Crippen MR) is 105 cm³/mol. The van der Waals surface area contributed by atoms with Crippen molar-refractivity contribution in [3.05, 3.63) is 66.7 Å². The Hall–Kier alpha value is -2.53. The van der Waals surface area contributed by atoms with Crippen molar-refractivity contribution in [3.63, 3.8) is 0 Å². The van der Waals surface area contributed by atoms with Crippen LogP contribution in [0.15, 0.2) is 76.5 Å². The summed E-state index contributed by atoms with van der Waals surface area (Å²) in [5, 5.41) is 2.86. The monoisotopic (exact) mass is 379 g/mol. The van der Waals surface area contributed by atoms with Crippen LogP contribution in [0.25, 0.3) is 0 Å². The molecule has 1 N–H and O–H groups in total. The summed E-state index contributed by atoms with van der Waals surface area (Å²) in [6.07, 6.45) is 6.17. The van der Waals surface area contributed by atoms with E-state index in [-0.39, 0.29) is 30.3 Å². The number of anilines is 1. The lowest BCUT2D eigenvalue weighted by Gasteiger charge is -2.16. The normalized spacial score (nSPS) is 22.6. The number of fused-ring (bicyclic) bond motifs is 2. The summed E-state index contributed by atoms with van der Waals surface area (Å²) >= 11 is 1.58. The number of hydrogen-bond acceptors (Lipinski definition) is 4. The van der Waals surface area contributed by atoms with Gasteiger partial charge in [-0.3, -0.25) is 9.59 Å². The molecule has 2 aromatic rings. The molecular weight excluding hydrogens is 358 g/mol. The molecule has 0 radical (unpaired) electrons. The molecule has 2 aliphatic rings. The van der Waals surface area contributed by atoms with Crippen molar-refractivity contribution < 1.29 is 14.3 Å². The molecule has 2 bridgehead atoms. The zero-order valence-corrected chi connectivity index (χ0v) is 15.7. The Bertz CT molecular complexity index is 865. The Morgan fingerprint density at radius 3 is 2.52 bits per heavy atom. The fraction of sp³-hybridized carbons (Fsp3) is 0.273. The summed E-state index contributed by atoms with van der Waals surface area (Å²) < 4.78 is 5.28. The molecule has 3 atom stereocenters. The molecule has 0 saturated heterocycles. The molecule has 1 amide bonds. The minimum Gasteiger partial charge on any atom is -0.455 e. The van der Waals surface area contributed by atoms with Gasteiger partial charge in [0.15, 0.2) is 6.61 Å². The zero-order chi connectivity index (χ0) is 18.6. The van der Waals surface area contributed by atoms with Gasteiger partial charge in [0.25, 0.3) is 5.91 Å². The minimum atomic E-state index is -0.317. The van der Waals surface area contributed by atoms with E-state index in [9.17, 15) is 9.59 Å². The number of carbonyl (C=O) groups is 2. The molecule has 0 aromatic heterocycles. The molecular formula is C22H21NO3S. The number of allylic oxidation sites excluding steroid dienone is 2. The maximum atomic E-state index is 12.3. The smallest absolute Gasteiger partial charge is 0.310 e. The topological polar surface area (TPSA) is 55.4 Å². The van der Waals surface area contributed by atoms with Gasteiger partial charge in [-0.15, -0.1) is 0 Å². The van der Waals surface area contributed by atoms with Crippen molar-refractivity contribution >= 4 is 29.3 Å². The zero-order valence-electron chi connectivity index (χ0n) is 14.8. The standard InChI is InChI=1S/C22H21NO3S/c24-21(14-26-22(25)18-13-15-10-11-16(18)12-15)23-19-8-4-5-9-20(19)27-17-6-2-1-3-7-17/h1-11,15-16,18H,12-14H2,(H,23,24)/t15-,16+,18+/m1/s1. The molecule has 1 fully saturated rings. The number of hydrogen-bond donors (Lipinski definition) is 1. The molecule has 5 heteroatoms. The van der Waals surface area contributed by atoms with E-state index in [0.29, 0.717) is 5.92 Å². The van der Waals surface area contributed by atoms with Crippen LogP contribution in [0.2, 0.25) is 0 Å². The van der Waals surface area contributed by atoms with E-state index in [1.54, 1.807) is 11.8 Å². The van der Waals surface area contributed by atoms with E-state index in [0.717, 1.165) is 28.3 Å². The first-order valence-electron chi connectivity index (χ1n) is 9.16. The quantitative estimate of drug-likeness (QED) is 0.592. The lowest BCUT2D eigenvalue weighted by atomic mass is 9.94.